The smallest absolute Gasteiger partial charge is 0.416 e. The molecule has 1 fully saturated rings. The summed E-state index contributed by atoms with van der Waals surface area (Å²) in [5.74, 6) is 0. The van der Waals surface area contributed by atoms with Crippen molar-refractivity contribution in [2.24, 2.45) is 0 Å². The van der Waals surface area contributed by atoms with Gasteiger partial charge in [-0.3, -0.25) is 4.90 Å². The molecule has 1 amide bonds. The predicted octanol–water partition coefficient (Wildman–Crippen LogP) is 4.27. The minimum atomic E-state index is -4.40. The third-order valence-corrected chi connectivity index (χ3v) is 3.75. The molecule has 1 atom stereocenters. The van der Waals surface area contributed by atoms with Crippen LogP contribution >= 0.6 is 0 Å². The van der Waals surface area contributed by atoms with E-state index < -0.39 is 17.8 Å². The summed E-state index contributed by atoms with van der Waals surface area (Å²) in [5.41, 5.74) is 0.697. The normalized spacial score (nSPS) is 18.1. The zero-order valence-corrected chi connectivity index (χ0v) is 12.1. The van der Waals surface area contributed by atoms with Crippen LogP contribution in [0.2, 0.25) is 0 Å². The lowest BCUT2D eigenvalue weighted by atomic mass is 10.1. The summed E-state index contributed by atoms with van der Waals surface area (Å²) >= 11 is 0. The second-order valence-corrected chi connectivity index (χ2v) is 5.34. The van der Waals surface area contributed by atoms with Gasteiger partial charge in [0, 0.05) is 5.69 Å². The van der Waals surface area contributed by atoms with Crippen molar-refractivity contribution in [3.05, 3.63) is 65.7 Å². The second kappa shape index (κ2) is 5.95. The molecule has 0 bridgehead atoms. The van der Waals surface area contributed by atoms with E-state index in [0.717, 1.165) is 17.7 Å². The lowest BCUT2D eigenvalue weighted by Crippen LogP contribution is -2.35. The molecule has 2 aromatic rings. The lowest BCUT2D eigenvalue weighted by Gasteiger charge is -2.22. The third-order valence-electron chi connectivity index (χ3n) is 3.75. The summed E-state index contributed by atoms with van der Waals surface area (Å²) in [6, 6.07) is 13.9. The van der Waals surface area contributed by atoms with Crippen molar-refractivity contribution in [1.29, 1.82) is 0 Å². The van der Waals surface area contributed by atoms with E-state index >= 15 is 0 Å². The average Bonchev–Trinajstić information content (AvgIpc) is 2.88. The maximum absolute atomic E-state index is 12.6. The molecule has 0 aliphatic carbocycles. The Kier molecular flexibility index (Phi) is 3.98. The zero-order chi connectivity index (χ0) is 16.4. The molecule has 1 aliphatic rings. The summed E-state index contributed by atoms with van der Waals surface area (Å²) in [7, 11) is 0. The van der Waals surface area contributed by atoms with Crippen molar-refractivity contribution in [2.75, 3.05) is 11.5 Å². The topological polar surface area (TPSA) is 29.5 Å². The molecule has 1 aliphatic heterocycles. The van der Waals surface area contributed by atoms with Crippen molar-refractivity contribution in [3.63, 3.8) is 0 Å². The van der Waals surface area contributed by atoms with Gasteiger partial charge in [-0.15, -0.1) is 0 Å². The molecule has 2 aromatic carbocycles. The molecule has 23 heavy (non-hydrogen) atoms. The number of carbonyl (C=O) groups is 1. The highest BCUT2D eigenvalue weighted by molar-refractivity contribution is 5.90. The summed E-state index contributed by atoms with van der Waals surface area (Å²) in [4.78, 5) is 13.3. The highest BCUT2D eigenvalue weighted by Crippen LogP contribution is 2.32. The average molecular weight is 321 g/mol. The van der Waals surface area contributed by atoms with E-state index in [2.05, 4.69) is 0 Å². The van der Waals surface area contributed by atoms with Crippen LogP contribution in [0.4, 0.5) is 23.7 Å². The number of cyclic esters (lactones) is 1. The van der Waals surface area contributed by atoms with E-state index in [1.807, 2.05) is 30.3 Å². The summed E-state index contributed by atoms with van der Waals surface area (Å²) in [6.07, 6.45) is -4.35. The van der Waals surface area contributed by atoms with Gasteiger partial charge >= 0.3 is 12.3 Å². The van der Waals surface area contributed by atoms with E-state index in [0.29, 0.717) is 12.1 Å². The summed E-state index contributed by atoms with van der Waals surface area (Å²) in [6.45, 7) is 0.217. The van der Waals surface area contributed by atoms with Gasteiger partial charge in [-0.1, -0.05) is 30.3 Å². The Hall–Kier alpha value is -2.50. The van der Waals surface area contributed by atoms with Crippen LogP contribution in [0, 0.1) is 0 Å². The van der Waals surface area contributed by atoms with Crippen LogP contribution in [-0.2, 0) is 17.3 Å². The number of amides is 1. The van der Waals surface area contributed by atoms with E-state index in [1.165, 1.54) is 17.0 Å². The molecule has 0 aromatic heterocycles. The fourth-order valence-corrected chi connectivity index (χ4v) is 2.62. The molecule has 0 N–H and O–H groups in total. The first kappa shape index (κ1) is 15.4. The summed E-state index contributed by atoms with van der Waals surface area (Å²) in [5, 5.41) is 0. The predicted molar refractivity (Wildman–Crippen MR) is 79.2 cm³/mol. The SMILES string of the molecule is O=C1OC[C@@H](Cc2ccccc2)N1c1ccc(C(F)(F)F)cc1. The Balaban J connectivity index is 1.82. The van der Waals surface area contributed by atoms with Gasteiger partial charge in [0.1, 0.15) is 6.61 Å². The standard InChI is InChI=1S/C17H14F3NO2/c18-17(19,20)13-6-8-14(9-7-13)21-15(11-23-16(21)22)10-12-4-2-1-3-5-12/h1-9,15H,10-11H2/t15-/m1/s1. The molecular formula is C17H14F3NO2. The number of rotatable bonds is 3. The van der Waals surface area contributed by atoms with Crippen molar-refractivity contribution in [2.45, 2.75) is 18.6 Å². The maximum Gasteiger partial charge on any atom is 0.416 e. The molecular weight excluding hydrogens is 307 g/mol. The molecule has 0 unspecified atom stereocenters. The number of halogens is 3. The number of carbonyl (C=O) groups excluding carboxylic acids is 1. The van der Waals surface area contributed by atoms with Gasteiger partial charge < -0.3 is 4.74 Å². The highest BCUT2D eigenvalue weighted by Gasteiger charge is 2.35. The van der Waals surface area contributed by atoms with E-state index in [-0.39, 0.29) is 12.6 Å². The molecule has 0 saturated carbocycles. The molecule has 120 valence electrons. The Bertz CT molecular complexity index is 683. The number of hydrogen-bond acceptors (Lipinski definition) is 2. The van der Waals surface area contributed by atoms with Crippen LogP contribution in [-0.4, -0.2) is 18.7 Å². The van der Waals surface area contributed by atoms with Gasteiger partial charge in [0.25, 0.3) is 0 Å². The first-order valence-corrected chi connectivity index (χ1v) is 7.12. The maximum atomic E-state index is 12.6. The lowest BCUT2D eigenvalue weighted by molar-refractivity contribution is -0.137. The fourth-order valence-electron chi connectivity index (χ4n) is 2.62. The second-order valence-electron chi connectivity index (χ2n) is 5.34. The van der Waals surface area contributed by atoms with Crippen molar-refractivity contribution in [3.8, 4) is 0 Å². The molecule has 1 heterocycles. The van der Waals surface area contributed by atoms with Crippen molar-refractivity contribution in [1.82, 2.24) is 0 Å². The first-order chi connectivity index (χ1) is 10.9. The molecule has 3 rings (SSSR count). The number of hydrogen-bond donors (Lipinski definition) is 0. The van der Waals surface area contributed by atoms with Gasteiger partial charge in [-0.25, -0.2) is 4.79 Å². The highest BCUT2D eigenvalue weighted by atomic mass is 19.4. The van der Waals surface area contributed by atoms with Crippen LogP contribution in [0.3, 0.4) is 0 Å². The van der Waals surface area contributed by atoms with Crippen LogP contribution in [0.25, 0.3) is 0 Å². The number of nitrogens with zero attached hydrogens (tertiary/aromatic N) is 1. The number of alkyl halides is 3. The number of ether oxygens (including phenoxy) is 1. The first-order valence-electron chi connectivity index (χ1n) is 7.12. The monoisotopic (exact) mass is 321 g/mol. The molecule has 1 saturated heterocycles. The van der Waals surface area contributed by atoms with E-state index in [4.69, 9.17) is 4.74 Å². The van der Waals surface area contributed by atoms with Gasteiger partial charge in [0.2, 0.25) is 0 Å². The Morgan fingerprint density at radius 3 is 2.30 bits per heavy atom. The number of benzene rings is 2. The molecule has 0 radical (unpaired) electrons. The Labute approximate surface area is 131 Å². The quantitative estimate of drug-likeness (QED) is 0.845. The zero-order valence-electron chi connectivity index (χ0n) is 12.1. The van der Waals surface area contributed by atoms with E-state index in [9.17, 15) is 18.0 Å². The van der Waals surface area contributed by atoms with Gasteiger partial charge in [0.05, 0.1) is 11.6 Å². The van der Waals surface area contributed by atoms with E-state index in [1.54, 1.807) is 0 Å². The fraction of sp³-hybridized carbons (Fsp3) is 0.235. The van der Waals surface area contributed by atoms with Gasteiger partial charge in [-0.05, 0) is 36.2 Å². The Morgan fingerprint density at radius 1 is 1.04 bits per heavy atom. The molecule has 3 nitrogen and oxygen atoms in total. The van der Waals surface area contributed by atoms with Crippen molar-refractivity contribution < 1.29 is 22.7 Å². The van der Waals surface area contributed by atoms with Gasteiger partial charge in [0.15, 0.2) is 0 Å². The largest absolute Gasteiger partial charge is 0.447 e. The number of anilines is 1. The van der Waals surface area contributed by atoms with Crippen LogP contribution in [0.15, 0.2) is 54.6 Å². The van der Waals surface area contributed by atoms with Gasteiger partial charge in [-0.2, -0.15) is 13.2 Å². The summed E-state index contributed by atoms with van der Waals surface area (Å²) < 4.78 is 43.0. The molecule has 0 spiro atoms. The van der Waals surface area contributed by atoms with Crippen LogP contribution in [0.1, 0.15) is 11.1 Å². The molecule has 6 heteroatoms. The third kappa shape index (κ3) is 3.31. The minimum absolute atomic E-state index is 0.217. The minimum Gasteiger partial charge on any atom is -0.447 e. The Morgan fingerprint density at radius 2 is 1.70 bits per heavy atom. The van der Waals surface area contributed by atoms with Crippen molar-refractivity contribution >= 4 is 11.8 Å². The van der Waals surface area contributed by atoms with Crippen LogP contribution < -0.4 is 4.90 Å². The van der Waals surface area contributed by atoms with Crippen LogP contribution in [0.5, 0.6) is 0 Å².